The van der Waals surface area contributed by atoms with Crippen molar-refractivity contribution >= 4 is 18.3 Å². The van der Waals surface area contributed by atoms with Crippen LogP contribution in [0.25, 0.3) is 0 Å². The number of carbonyl (C=O) groups is 1. The number of nitrogens with one attached hydrogen (secondary N) is 2. The van der Waals surface area contributed by atoms with Crippen LogP contribution >= 0.6 is 12.4 Å². The third kappa shape index (κ3) is 5.67. The van der Waals surface area contributed by atoms with E-state index in [-0.39, 0.29) is 24.0 Å². The molecule has 0 aliphatic rings. The zero-order valence-corrected chi connectivity index (χ0v) is 10.8. The highest BCUT2D eigenvalue weighted by Crippen LogP contribution is 2.04. The Morgan fingerprint density at radius 2 is 2.29 bits per heavy atom. The quantitative estimate of drug-likeness (QED) is 0.704. The fraction of sp³-hybridized carbons (Fsp3) is 0.600. The molecule has 6 nitrogen and oxygen atoms in total. The Labute approximate surface area is 106 Å². The molecular formula is C10H18ClN3O3. The van der Waals surface area contributed by atoms with Gasteiger partial charge in [0.2, 0.25) is 0 Å². The molecule has 0 saturated carbocycles. The van der Waals surface area contributed by atoms with Crippen molar-refractivity contribution < 1.29 is 14.1 Å². The van der Waals surface area contributed by atoms with E-state index in [0.717, 1.165) is 13.0 Å². The molecule has 0 radical (unpaired) electrons. The van der Waals surface area contributed by atoms with Gasteiger partial charge in [0.15, 0.2) is 11.5 Å². The molecule has 0 bridgehead atoms. The van der Waals surface area contributed by atoms with Crippen molar-refractivity contribution in [3.05, 3.63) is 17.5 Å². The van der Waals surface area contributed by atoms with E-state index in [1.54, 1.807) is 13.2 Å². The first-order valence-electron chi connectivity index (χ1n) is 5.15. The number of hydrogen-bond acceptors (Lipinski definition) is 5. The first-order chi connectivity index (χ1) is 7.77. The molecule has 1 heterocycles. The molecular weight excluding hydrogens is 246 g/mol. The van der Waals surface area contributed by atoms with Gasteiger partial charge in [-0.05, 0) is 20.0 Å². The predicted molar refractivity (Wildman–Crippen MR) is 65.3 cm³/mol. The summed E-state index contributed by atoms with van der Waals surface area (Å²) in [6.45, 7) is 1.81. The van der Waals surface area contributed by atoms with E-state index >= 15 is 0 Å². The highest BCUT2D eigenvalue weighted by atomic mass is 35.5. The number of carbonyl (C=O) groups excluding carboxylic acids is 1. The maximum Gasteiger partial charge on any atom is 0.273 e. The zero-order chi connectivity index (χ0) is 11.8. The maximum absolute atomic E-state index is 11.5. The highest BCUT2D eigenvalue weighted by Gasteiger charge is 2.11. The molecule has 1 amide bonds. The van der Waals surface area contributed by atoms with Crippen LogP contribution in [0, 0.1) is 0 Å². The Kier molecular flexibility index (Phi) is 8.39. The van der Waals surface area contributed by atoms with Gasteiger partial charge in [0.25, 0.3) is 5.91 Å². The molecule has 1 rings (SSSR count). The molecule has 0 unspecified atom stereocenters. The summed E-state index contributed by atoms with van der Waals surface area (Å²) in [6, 6.07) is 1.58. The summed E-state index contributed by atoms with van der Waals surface area (Å²) >= 11 is 0. The summed E-state index contributed by atoms with van der Waals surface area (Å²) in [5.74, 6) is 0.324. The van der Waals surface area contributed by atoms with Gasteiger partial charge in [0.1, 0.15) is 6.61 Å². The van der Waals surface area contributed by atoms with Gasteiger partial charge in [0.05, 0.1) is 0 Å². The van der Waals surface area contributed by atoms with Crippen molar-refractivity contribution in [1.29, 1.82) is 0 Å². The Hall–Kier alpha value is -1.11. The van der Waals surface area contributed by atoms with Gasteiger partial charge < -0.3 is 19.9 Å². The van der Waals surface area contributed by atoms with Crippen molar-refractivity contribution in [1.82, 2.24) is 15.8 Å². The van der Waals surface area contributed by atoms with Crippen LogP contribution in [0.5, 0.6) is 0 Å². The van der Waals surface area contributed by atoms with Gasteiger partial charge in [-0.15, -0.1) is 12.4 Å². The minimum Gasteiger partial charge on any atom is -0.377 e. The average Bonchev–Trinajstić information content (AvgIpc) is 2.73. The molecule has 1 aromatic heterocycles. The summed E-state index contributed by atoms with van der Waals surface area (Å²) in [4.78, 5) is 11.5. The maximum atomic E-state index is 11.5. The summed E-state index contributed by atoms with van der Waals surface area (Å²) in [5, 5.41) is 9.40. The van der Waals surface area contributed by atoms with Crippen LogP contribution in [0.1, 0.15) is 22.7 Å². The van der Waals surface area contributed by atoms with Crippen LogP contribution in [0.15, 0.2) is 10.6 Å². The molecule has 0 spiro atoms. The summed E-state index contributed by atoms with van der Waals surface area (Å²) in [7, 11) is 3.43. The first-order valence-corrected chi connectivity index (χ1v) is 5.15. The number of hydrogen-bond donors (Lipinski definition) is 2. The van der Waals surface area contributed by atoms with Crippen LogP contribution in [0.2, 0.25) is 0 Å². The van der Waals surface area contributed by atoms with Crippen molar-refractivity contribution in [2.24, 2.45) is 0 Å². The van der Waals surface area contributed by atoms with Crippen molar-refractivity contribution in [2.75, 3.05) is 27.2 Å². The van der Waals surface area contributed by atoms with E-state index in [4.69, 9.17) is 9.26 Å². The minimum absolute atomic E-state index is 0. The Balaban J connectivity index is 0.00000256. The number of halogens is 1. The number of aromatic nitrogens is 1. The van der Waals surface area contributed by atoms with E-state index in [0.29, 0.717) is 18.9 Å². The molecule has 2 N–H and O–H groups in total. The Bertz CT molecular complexity index is 330. The third-order valence-electron chi connectivity index (χ3n) is 1.97. The largest absolute Gasteiger partial charge is 0.377 e. The summed E-state index contributed by atoms with van der Waals surface area (Å²) in [5.41, 5.74) is 0.288. The monoisotopic (exact) mass is 263 g/mol. The van der Waals surface area contributed by atoms with E-state index in [1.165, 1.54) is 0 Å². The smallest absolute Gasteiger partial charge is 0.273 e. The summed E-state index contributed by atoms with van der Waals surface area (Å²) < 4.78 is 9.77. The van der Waals surface area contributed by atoms with Gasteiger partial charge >= 0.3 is 0 Å². The number of rotatable bonds is 7. The molecule has 17 heavy (non-hydrogen) atoms. The lowest BCUT2D eigenvalue weighted by Gasteiger charge is -2.01. The molecule has 0 aromatic carbocycles. The summed E-state index contributed by atoms with van der Waals surface area (Å²) in [6.07, 6.45) is 0.880. The number of amides is 1. The normalized spacial score (nSPS) is 9.76. The Morgan fingerprint density at radius 3 is 2.94 bits per heavy atom. The molecule has 0 atom stereocenters. The van der Waals surface area contributed by atoms with Crippen LogP contribution in [0.3, 0.4) is 0 Å². The van der Waals surface area contributed by atoms with E-state index in [9.17, 15) is 4.79 Å². The number of methoxy groups -OCH3 is 1. The molecule has 1 aromatic rings. The van der Waals surface area contributed by atoms with E-state index < -0.39 is 0 Å². The molecule has 0 aliphatic carbocycles. The molecule has 98 valence electrons. The van der Waals surface area contributed by atoms with Crippen LogP contribution < -0.4 is 10.6 Å². The minimum atomic E-state index is -0.220. The van der Waals surface area contributed by atoms with Gasteiger partial charge in [-0.25, -0.2) is 0 Å². The van der Waals surface area contributed by atoms with Gasteiger partial charge in [-0.2, -0.15) is 0 Å². The molecule has 0 saturated heterocycles. The lowest BCUT2D eigenvalue weighted by Crippen LogP contribution is -2.26. The van der Waals surface area contributed by atoms with Crippen LogP contribution in [-0.4, -0.2) is 38.3 Å². The first kappa shape index (κ1) is 15.9. The second-order valence-corrected chi connectivity index (χ2v) is 3.32. The van der Waals surface area contributed by atoms with Gasteiger partial charge in [-0.1, -0.05) is 5.16 Å². The second-order valence-electron chi connectivity index (χ2n) is 3.32. The number of ether oxygens (including phenoxy) is 1. The lowest BCUT2D eigenvalue weighted by molar-refractivity contribution is 0.0943. The predicted octanol–water partition coefficient (Wildman–Crippen LogP) is 0.582. The third-order valence-corrected chi connectivity index (χ3v) is 1.97. The van der Waals surface area contributed by atoms with Crippen LogP contribution in [0.4, 0.5) is 0 Å². The molecule has 7 heteroatoms. The SMILES string of the molecule is CNCCCNC(=O)c1cc(COC)on1.Cl. The lowest BCUT2D eigenvalue weighted by atomic mass is 10.3. The zero-order valence-electron chi connectivity index (χ0n) is 9.99. The fourth-order valence-corrected chi connectivity index (χ4v) is 1.19. The van der Waals surface area contributed by atoms with Crippen molar-refractivity contribution in [3.63, 3.8) is 0 Å². The second kappa shape index (κ2) is 8.98. The molecule has 0 fully saturated rings. The van der Waals surface area contributed by atoms with Gasteiger partial charge in [-0.3, -0.25) is 4.79 Å². The average molecular weight is 264 g/mol. The molecule has 0 aliphatic heterocycles. The van der Waals surface area contributed by atoms with E-state index in [1.807, 2.05) is 7.05 Å². The van der Waals surface area contributed by atoms with E-state index in [2.05, 4.69) is 15.8 Å². The van der Waals surface area contributed by atoms with Crippen molar-refractivity contribution in [3.8, 4) is 0 Å². The fourth-order valence-electron chi connectivity index (χ4n) is 1.19. The standard InChI is InChI=1S/C10H17N3O3.ClH/c1-11-4-3-5-12-10(14)9-6-8(7-15-2)16-13-9;/h6,11H,3-5,7H2,1-2H3,(H,12,14);1H. The Morgan fingerprint density at radius 1 is 1.53 bits per heavy atom. The van der Waals surface area contributed by atoms with Crippen molar-refractivity contribution in [2.45, 2.75) is 13.0 Å². The highest BCUT2D eigenvalue weighted by molar-refractivity contribution is 5.92. The topological polar surface area (TPSA) is 76.4 Å². The van der Waals surface area contributed by atoms with Gasteiger partial charge in [0, 0.05) is 19.7 Å². The number of nitrogens with zero attached hydrogens (tertiary/aromatic N) is 1. The van der Waals surface area contributed by atoms with Crippen LogP contribution in [-0.2, 0) is 11.3 Å².